The Morgan fingerprint density at radius 3 is 3.16 bits per heavy atom. The standard InChI is InChI=1S/C11H12N4O3S/c1-18-7-10-13-14-11(19-10)12-9(17)5-15-4-2-3-8(15)6-16/h2-4,6H,5,7H2,1H3,(H,12,14,17). The first-order valence-electron chi connectivity index (χ1n) is 5.44. The van der Waals surface area contributed by atoms with Crippen molar-refractivity contribution < 1.29 is 14.3 Å². The van der Waals surface area contributed by atoms with Gasteiger partial charge in [-0.1, -0.05) is 11.3 Å². The fraction of sp³-hybridized carbons (Fsp3) is 0.273. The molecule has 0 fully saturated rings. The van der Waals surface area contributed by atoms with Gasteiger partial charge in [-0.15, -0.1) is 10.2 Å². The largest absolute Gasteiger partial charge is 0.377 e. The van der Waals surface area contributed by atoms with E-state index in [1.54, 1.807) is 30.0 Å². The van der Waals surface area contributed by atoms with E-state index in [2.05, 4.69) is 15.5 Å². The third-order valence-corrected chi connectivity index (χ3v) is 3.09. The van der Waals surface area contributed by atoms with Crippen LogP contribution < -0.4 is 5.32 Å². The van der Waals surface area contributed by atoms with Gasteiger partial charge in [-0.05, 0) is 12.1 Å². The van der Waals surface area contributed by atoms with Gasteiger partial charge in [0.15, 0.2) is 6.29 Å². The van der Waals surface area contributed by atoms with Crippen LogP contribution in [0.25, 0.3) is 0 Å². The van der Waals surface area contributed by atoms with Gasteiger partial charge in [0.05, 0.1) is 5.69 Å². The molecule has 2 rings (SSSR count). The van der Waals surface area contributed by atoms with Crippen LogP contribution in [-0.2, 0) is 22.7 Å². The maximum Gasteiger partial charge on any atom is 0.246 e. The fourth-order valence-corrected chi connectivity index (χ4v) is 2.21. The molecule has 100 valence electrons. The van der Waals surface area contributed by atoms with Crippen LogP contribution in [0.2, 0.25) is 0 Å². The Bertz CT molecular complexity index is 578. The zero-order valence-corrected chi connectivity index (χ0v) is 11.0. The highest BCUT2D eigenvalue weighted by Gasteiger charge is 2.09. The van der Waals surface area contributed by atoms with Crippen molar-refractivity contribution in [3.05, 3.63) is 29.0 Å². The molecule has 0 atom stereocenters. The summed E-state index contributed by atoms with van der Waals surface area (Å²) in [7, 11) is 1.56. The van der Waals surface area contributed by atoms with E-state index in [1.807, 2.05) is 0 Å². The Morgan fingerprint density at radius 2 is 2.42 bits per heavy atom. The van der Waals surface area contributed by atoms with Gasteiger partial charge in [-0.3, -0.25) is 14.9 Å². The van der Waals surface area contributed by atoms with Crippen LogP contribution in [0.1, 0.15) is 15.5 Å². The predicted octanol–water partition coefficient (Wildman–Crippen LogP) is 0.937. The first kappa shape index (κ1) is 13.4. The number of hydrogen-bond acceptors (Lipinski definition) is 6. The molecule has 0 bridgehead atoms. The topological polar surface area (TPSA) is 86.1 Å². The zero-order chi connectivity index (χ0) is 13.7. The summed E-state index contributed by atoms with van der Waals surface area (Å²) >= 11 is 1.25. The van der Waals surface area contributed by atoms with E-state index in [1.165, 1.54) is 11.3 Å². The molecule has 0 aliphatic heterocycles. The Morgan fingerprint density at radius 1 is 1.58 bits per heavy atom. The highest BCUT2D eigenvalue weighted by Crippen LogP contribution is 2.15. The number of methoxy groups -OCH3 is 1. The quantitative estimate of drug-likeness (QED) is 0.796. The van der Waals surface area contributed by atoms with Crippen LogP contribution in [0, 0.1) is 0 Å². The lowest BCUT2D eigenvalue weighted by Gasteiger charge is -2.04. The first-order valence-corrected chi connectivity index (χ1v) is 6.26. The Labute approximate surface area is 113 Å². The number of nitrogens with one attached hydrogen (secondary N) is 1. The molecule has 0 unspecified atom stereocenters. The van der Waals surface area contributed by atoms with Gasteiger partial charge in [-0.2, -0.15) is 0 Å². The lowest BCUT2D eigenvalue weighted by Crippen LogP contribution is -2.19. The van der Waals surface area contributed by atoms with Crippen LogP contribution in [-0.4, -0.2) is 34.1 Å². The van der Waals surface area contributed by atoms with E-state index in [4.69, 9.17) is 4.74 Å². The van der Waals surface area contributed by atoms with Gasteiger partial charge in [0.1, 0.15) is 18.2 Å². The average molecular weight is 280 g/mol. The second-order valence-corrected chi connectivity index (χ2v) is 4.72. The molecule has 0 aliphatic rings. The molecule has 8 heteroatoms. The molecule has 7 nitrogen and oxygen atoms in total. The molecule has 2 aromatic heterocycles. The number of carbonyl (C=O) groups is 2. The molecule has 0 aliphatic carbocycles. The second kappa shape index (κ2) is 6.21. The maximum atomic E-state index is 11.8. The second-order valence-electron chi connectivity index (χ2n) is 3.66. The molecule has 2 heterocycles. The number of rotatable bonds is 6. The Hall–Kier alpha value is -2.06. The van der Waals surface area contributed by atoms with Gasteiger partial charge < -0.3 is 9.30 Å². The molecular weight excluding hydrogens is 268 g/mol. The molecule has 19 heavy (non-hydrogen) atoms. The minimum Gasteiger partial charge on any atom is -0.377 e. The minimum absolute atomic E-state index is 0.0558. The summed E-state index contributed by atoms with van der Waals surface area (Å²) in [4.78, 5) is 22.5. The van der Waals surface area contributed by atoms with Gasteiger partial charge >= 0.3 is 0 Å². The first-order chi connectivity index (χ1) is 9.22. The molecule has 1 amide bonds. The van der Waals surface area contributed by atoms with Crippen molar-refractivity contribution >= 4 is 28.7 Å². The number of aldehydes is 1. The van der Waals surface area contributed by atoms with Crippen molar-refractivity contribution in [1.82, 2.24) is 14.8 Å². The van der Waals surface area contributed by atoms with E-state index < -0.39 is 0 Å². The van der Waals surface area contributed by atoms with E-state index in [-0.39, 0.29) is 12.5 Å². The van der Waals surface area contributed by atoms with Gasteiger partial charge in [0.2, 0.25) is 11.0 Å². The minimum atomic E-state index is -0.264. The van der Waals surface area contributed by atoms with Crippen molar-refractivity contribution in [2.24, 2.45) is 0 Å². The third kappa shape index (κ3) is 3.46. The summed E-state index contributed by atoms with van der Waals surface area (Å²) in [6, 6.07) is 3.35. The van der Waals surface area contributed by atoms with Gasteiger partial charge in [0.25, 0.3) is 0 Å². The predicted molar refractivity (Wildman–Crippen MR) is 69.1 cm³/mol. The summed E-state index contributed by atoms with van der Waals surface area (Å²) in [5.74, 6) is -0.264. The van der Waals surface area contributed by atoms with Crippen molar-refractivity contribution in [3.63, 3.8) is 0 Å². The summed E-state index contributed by atoms with van der Waals surface area (Å²) < 4.78 is 6.47. The van der Waals surface area contributed by atoms with Crippen LogP contribution in [0.3, 0.4) is 0 Å². The van der Waals surface area contributed by atoms with E-state index >= 15 is 0 Å². The van der Waals surface area contributed by atoms with Crippen LogP contribution in [0.4, 0.5) is 5.13 Å². The van der Waals surface area contributed by atoms with Crippen molar-refractivity contribution in [2.75, 3.05) is 12.4 Å². The molecule has 1 N–H and O–H groups in total. The molecule has 0 radical (unpaired) electrons. The average Bonchev–Trinajstić information content (AvgIpc) is 2.99. The zero-order valence-electron chi connectivity index (χ0n) is 10.2. The highest BCUT2D eigenvalue weighted by molar-refractivity contribution is 7.15. The summed E-state index contributed by atoms with van der Waals surface area (Å²) in [5.41, 5.74) is 0.451. The normalized spacial score (nSPS) is 10.4. The van der Waals surface area contributed by atoms with E-state index in [9.17, 15) is 9.59 Å². The van der Waals surface area contributed by atoms with Gasteiger partial charge in [0, 0.05) is 13.3 Å². The van der Waals surface area contributed by atoms with E-state index in [0.717, 1.165) is 0 Å². The molecule has 0 saturated carbocycles. The maximum absolute atomic E-state index is 11.8. The molecular formula is C11H12N4O3S. The number of ether oxygens (including phenoxy) is 1. The number of anilines is 1. The number of aromatic nitrogens is 3. The number of nitrogens with zero attached hydrogens (tertiary/aromatic N) is 3. The molecule has 0 aromatic carbocycles. The fourth-order valence-electron chi connectivity index (χ4n) is 1.48. The van der Waals surface area contributed by atoms with Gasteiger partial charge in [-0.25, -0.2) is 0 Å². The summed E-state index contributed by atoms with van der Waals surface area (Å²) in [6.07, 6.45) is 2.37. The lowest BCUT2D eigenvalue weighted by molar-refractivity contribution is -0.116. The van der Waals surface area contributed by atoms with Crippen molar-refractivity contribution in [1.29, 1.82) is 0 Å². The highest BCUT2D eigenvalue weighted by atomic mass is 32.1. The molecule has 0 spiro atoms. The van der Waals surface area contributed by atoms with Crippen molar-refractivity contribution in [2.45, 2.75) is 13.2 Å². The summed E-state index contributed by atoms with van der Waals surface area (Å²) in [6.45, 7) is 0.417. The van der Waals surface area contributed by atoms with Crippen LogP contribution >= 0.6 is 11.3 Å². The van der Waals surface area contributed by atoms with E-state index in [0.29, 0.717) is 28.7 Å². The smallest absolute Gasteiger partial charge is 0.246 e. The SMILES string of the molecule is COCc1nnc(NC(=O)Cn2cccc2C=O)s1. The molecule has 0 saturated heterocycles. The Kier molecular flexibility index (Phi) is 4.37. The van der Waals surface area contributed by atoms with Crippen LogP contribution in [0.5, 0.6) is 0 Å². The van der Waals surface area contributed by atoms with Crippen molar-refractivity contribution in [3.8, 4) is 0 Å². The number of amides is 1. The number of hydrogen-bond donors (Lipinski definition) is 1. The summed E-state index contributed by atoms with van der Waals surface area (Å²) in [5, 5.41) is 11.4. The molecule has 2 aromatic rings. The monoisotopic (exact) mass is 280 g/mol. The Balaban J connectivity index is 1.95. The number of carbonyl (C=O) groups excluding carboxylic acids is 2. The third-order valence-electron chi connectivity index (χ3n) is 2.28. The lowest BCUT2D eigenvalue weighted by atomic mass is 10.4. The van der Waals surface area contributed by atoms with Crippen LogP contribution in [0.15, 0.2) is 18.3 Å².